The van der Waals surface area contributed by atoms with Crippen molar-refractivity contribution in [1.29, 1.82) is 0 Å². The lowest BCUT2D eigenvalue weighted by atomic mass is 10.2. The van der Waals surface area contributed by atoms with E-state index in [1.807, 2.05) is 13.8 Å². The molecule has 17 heavy (non-hydrogen) atoms. The van der Waals surface area contributed by atoms with Crippen LogP contribution in [0.2, 0.25) is 5.28 Å². The van der Waals surface area contributed by atoms with Crippen molar-refractivity contribution < 1.29 is 9.53 Å². The number of carbonyl (C=O) groups is 1. The number of esters is 1. The van der Waals surface area contributed by atoms with Crippen molar-refractivity contribution in [2.24, 2.45) is 0 Å². The summed E-state index contributed by atoms with van der Waals surface area (Å²) in [5.41, 5.74) is 0.717. The maximum atomic E-state index is 11.7. The molecule has 0 saturated carbocycles. The summed E-state index contributed by atoms with van der Waals surface area (Å²) >= 11 is 5.67. The summed E-state index contributed by atoms with van der Waals surface area (Å²) in [6.07, 6.45) is 2.42. The molecule has 0 fully saturated rings. The Morgan fingerprint density at radius 3 is 2.88 bits per heavy atom. The molecule has 1 N–H and O–H groups in total. The highest BCUT2D eigenvalue weighted by Gasteiger charge is 2.16. The molecule has 0 spiro atoms. The first-order valence-corrected chi connectivity index (χ1v) is 5.92. The summed E-state index contributed by atoms with van der Waals surface area (Å²) in [6, 6.07) is 0.216. The molecule has 1 unspecified atom stereocenters. The number of carbonyl (C=O) groups excluding carboxylic acids is 1. The molecule has 1 heterocycles. The molecule has 1 rings (SSSR count). The van der Waals surface area contributed by atoms with E-state index in [0.29, 0.717) is 12.3 Å². The molecule has 6 heteroatoms. The van der Waals surface area contributed by atoms with Gasteiger partial charge in [-0.3, -0.25) is 0 Å². The Morgan fingerprint density at radius 1 is 1.59 bits per heavy atom. The highest BCUT2D eigenvalue weighted by Crippen LogP contribution is 2.17. The molecular formula is C11H16ClN3O2. The molecule has 0 radical (unpaired) electrons. The average Bonchev–Trinajstić information content (AvgIpc) is 2.31. The Kier molecular flexibility index (Phi) is 5.15. The number of hydrogen-bond acceptors (Lipinski definition) is 5. The minimum absolute atomic E-state index is 0.0303. The molecule has 1 aromatic heterocycles. The van der Waals surface area contributed by atoms with E-state index in [1.165, 1.54) is 6.20 Å². The van der Waals surface area contributed by atoms with Crippen LogP contribution in [0, 0.1) is 0 Å². The maximum Gasteiger partial charge on any atom is 0.359 e. The third kappa shape index (κ3) is 3.85. The monoisotopic (exact) mass is 257 g/mol. The molecular weight excluding hydrogens is 242 g/mol. The van der Waals surface area contributed by atoms with E-state index in [9.17, 15) is 4.79 Å². The molecule has 5 nitrogen and oxygen atoms in total. The minimum atomic E-state index is -0.498. The molecule has 0 aliphatic rings. The van der Waals surface area contributed by atoms with E-state index in [4.69, 9.17) is 16.3 Å². The zero-order chi connectivity index (χ0) is 12.8. The Balaban J connectivity index is 2.99. The second kappa shape index (κ2) is 6.39. The van der Waals surface area contributed by atoms with Gasteiger partial charge in [0, 0.05) is 6.04 Å². The first-order valence-electron chi connectivity index (χ1n) is 5.54. The second-order valence-corrected chi connectivity index (χ2v) is 3.91. The van der Waals surface area contributed by atoms with Gasteiger partial charge in [-0.1, -0.05) is 6.92 Å². The largest absolute Gasteiger partial charge is 0.461 e. The van der Waals surface area contributed by atoms with Gasteiger partial charge in [0.15, 0.2) is 5.69 Å². The van der Waals surface area contributed by atoms with Crippen LogP contribution in [0.4, 0.5) is 5.69 Å². The number of nitrogens with zero attached hydrogens (tertiary/aromatic N) is 2. The number of hydrogen-bond donors (Lipinski definition) is 1. The lowest BCUT2D eigenvalue weighted by molar-refractivity contribution is 0.0520. The van der Waals surface area contributed by atoms with Crippen LogP contribution in [0.15, 0.2) is 6.20 Å². The molecule has 1 atom stereocenters. The minimum Gasteiger partial charge on any atom is -0.461 e. The van der Waals surface area contributed by atoms with Crippen molar-refractivity contribution in [3.63, 3.8) is 0 Å². The molecule has 94 valence electrons. The molecule has 0 amide bonds. The fourth-order valence-electron chi connectivity index (χ4n) is 1.19. The molecule has 0 aliphatic heterocycles. The van der Waals surface area contributed by atoms with Crippen molar-refractivity contribution in [1.82, 2.24) is 9.97 Å². The van der Waals surface area contributed by atoms with Crippen LogP contribution in [0.1, 0.15) is 37.7 Å². The smallest absolute Gasteiger partial charge is 0.359 e. The van der Waals surface area contributed by atoms with Gasteiger partial charge in [0.05, 0.1) is 18.5 Å². The van der Waals surface area contributed by atoms with E-state index in [-0.39, 0.29) is 17.0 Å². The van der Waals surface area contributed by atoms with Crippen LogP contribution in [0.25, 0.3) is 0 Å². The van der Waals surface area contributed by atoms with E-state index < -0.39 is 5.97 Å². The van der Waals surface area contributed by atoms with Crippen LogP contribution >= 0.6 is 11.6 Å². The highest BCUT2D eigenvalue weighted by atomic mass is 35.5. The number of nitrogens with one attached hydrogen (secondary N) is 1. The van der Waals surface area contributed by atoms with Gasteiger partial charge in [-0.2, -0.15) is 0 Å². The highest BCUT2D eigenvalue weighted by molar-refractivity contribution is 6.28. The maximum absolute atomic E-state index is 11.7. The van der Waals surface area contributed by atoms with Gasteiger partial charge in [-0.25, -0.2) is 14.8 Å². The lowest BCUT2D eigenvalue weighted by Crippen LogP contribution is -2.18. The summed E-state index contributed by atoms with van der Waals surface area (Å²) < 4.78 is 4.91. The number of ether oxygens (including phenoxy) is 1. The van der Waals surface area contributed by atoms with Crippen LogP contribution in [0.3, 0.4) is 0 Å². The Hall–Kier alpha value is -1.36. The third-order valence-corrected chi connectivity index (χ3v) is 2.42. The number of halogens is 1. The topological polar surface area (TPSA) is 64.1 Å². The second-order valence-electron chi connectivity index (χ2n) is 3.58. The summed E-state index contributed by atoms with van der Waals surface area (Å²) in [4.78, 5) is 19.4. The van der Waals surface area contributed by atoms with Crippen LogP contribution in [-0.4, -0.2) is 28.6 Å². The summed E-state index contributed by atoms with van der Waals surface area (Å²) in [6.45, 7) is 6.08. The van der Waals surface area contributed by atoms with Gasteiger partial charge >= 0.3 is 5.97 Å². The third-order valence-electron chi connectivity index (χ3n) is 2.24. The van der Waals surface area contributed by atoms with Crippen molar-refractivity contribution in [2.45, 2.75) is 33.2 Å². The van der Waals surface area contributed by atoms with Crippen molar-refractivity contribution in [3.05, 3.63) is 17.2 Å². The zero-order valence-corrected chi connectivity index (χ0v) is 10.9. The summed E-state index contributed by atoms with van der Waals surface area (Å²) in [5, 5.41) is 3.17. The Labute approximate surface area is 106 Å². The van der Waals surface area contributed by atoms with Gasteiger partial charge in [0.2, 0.25) is 5.28 Å². The van der Waals surface area contributed by atoms with E-state index in [1.54, 1.807) is 6.92 Å². The number of anilines is 1. The molecule has 1 aromatic rings. The number of aromatic nitrogens is 2. The predicted molar refractivity (Wildman–Crippen MR) is 66.4 cm³/mol. The Bertz CT molecular complexity index is 398. The number of rotatable bonds is 5. The lowest BCUT2D eigenvalue weighted by Gasteiger charge is -2.14. The van der Waals surface area contributed by atoms with Crippen LogP contribution in [0.5, 0.6) is 0 Å². The zero-order valence-electron chi connectivity index (χ0n) is 10.2. The summed E-state index contributed by atoms with van der Waals surface area (Å²) in [5.74, 6) is -0.498. The van der Waals surface area contributed by atoms with Crippen molar-refractivity contribution in [2.75, 3.05) is 11.9 Å². The fourth-order valence-corrected chi connectivity index (χ4v) is 1.32. The van der Waals surface area contributed by atoms with Crippen molar-refractivity contribution in [3.8, 4) is 0 Å². The average molecular weight is 258 g/mol. The SMILES string of the molecule is CCOC(=O)c1nc(Cl)ncc1NC(C)CC. The van der Waals surface area contributed by atoms with E-state index in [2.05, 4.69) is 15.3 Å². The van der Waals surface area contributed by atoms with Crippen LogP contribution in [-0.2, 0) is 4.74 Å². The normalized spacial score (nSPS) is 12.0. The van der Waals surface area contributed by atoms with Crippen LogP contribution < -0.4 is 5.32 Å². The first-order chi connectivity index (χ1) is 8.08. The summed E-state index contributed by atoms with van der Waals surface area (Å²) in [7, 11) is 0. The molecule has 0 aromatic carbocycles. The fraction of sp³-hybridized carbons (Fsp3) is 0.545. The standard InChI is InChI=1S/C11H16ClN3O2/c1-4-7(3)14-8-6-13-11(12)15-9(8)10(16)17-5-2/h6-7,14H,4-5H2,1-3H3. The van der Waals surface area contributed by atoms with Gasteiger partial charge < -0.3 is 10.1 Å². The van der Waals surface area contributed by atoms with Gasteiger partial charge in [0.25, 0.3) is 0 Å². The Morgan fingerprint density at radius 2 is 2.29 bits per heavy atom. The van der Waals surface area contributed by atoms with E-state index >= 15 is 0 Å². The van der Waals surface area contributed by atoms with Gasteiger partial charge in [-0.15, -0.1) is 0 Å². The van der Waals surface area contributed by atoms with Gasteiger partial charge in [-0.05, 0) is 31.9 Å². The van der Waals surface area contributed by atoms with E-state index in [0.717, 1.165) is 6.42 Å². The molecule has 0 bridgehead atoms. The molecule has 0 aliphatic carbocycles. The first kappa shape index (κ1) is 13.7. The predicted octanol–water partition coefficient (Wildman–Crippen LogP) is 2.52. The van der Waals surface area contributed by atoms with Gasteiger partial charge in [0.1, 0.15) is 0 Å². The van der Waals surface area contributed by atoms with Crippen molar-refractivity contribution >= 4 is 23.3 Å². The quantitative estimate of drug-likeness (QED) is 0.649. The molecule has 0 saturated heterocycles.